The lowest BCUT2D eigenvalue weighted by molar-refractivity contribution is 0.318. The van der Waals surface area contributed by atoms with Crippen LogP contribution in [0.15, 0.2) is 29.4 Å². The molecule has 110 valence electrons. The van der Waals surface area contributed by atoms with Crippen molar-refractivity contribution in [2.45, 2.75) is 20.8 Å². The summed E-state index contributed by atoms with van der Waals surface area (Å²) >= 11 is 0. The zero-order chi connectivity index (χ0) is 15.6. The van der Waals surface area contributed by atoms with E-state index < -0.39 is 0 Å². The number of aromatic nitrogens is 2. The molecule has 0 aliphatic heterocycles. The van der Waals surface area contributed by atoms with Crippen molar-refractivity contribution in [2.75, 3.05) is 11.9 Å². The van der Waals surface area contributed by atoms with Gasteiger partial charge in [0.15, 0.2) is 11.7 Å². The molecule has 0 bridgehead atoms. The maximum absolute atomic E-state index is 9.03. The molecule has 0 unspecified atom stereocenters. The third-order valence-electron chi connectivity index (χ3n) is 3.59. The molecule has 6 heteroatoms. The predicted octanol–water partition coefficient (Wildman–Crippen LogP) is 2.26. The average Bonchev–Trinajstić information content (AvgIpc) is 2.49. The Labute approximate surface area is 123 Å². The monoisotopic (exact) mass is 285 g/mol. The predicted molar refractivity (Wildman–Crippen MR) is 83.3 cm³/mol. The number of nitrogens with two attached hydrogens (primary N) is 1. The molecule has 0 saturated heterocycles. The fourth-order valence-electron chi connectivity index (χ4n) is 2.24. The lowest BCUT2D eigenvalue weighted by Crippen LogP contribution is -2.23. The molecule has 21 heavy (non-hydrogen) atoms. The second-order valence-corrected chi connectivity index (χ2v) is 4.94. The molecule has 0 radical (unpaired) electrons. The summed E-state index contributed by atoms with van der Waals surface area (Å²) in [7, 11) is 1.88. The topological polar surface area (TPSA) is 87.6 Å². The summed E-state index contributed by atoms with van der Waals surface area (Å²) < 4.78 is 0. The van der Waals surface area contributed by atoms with Crippen molar-refractivity contribution in [3.8, 4) is 0 Å². The van der Waals surface area contributed by atoms with E-state index in [1.807, 2.05) is 57.0 Å². The van der Waals surface area contributed by atoms with Crippen LogP contribution in [0, 0.1) is 20.8 Å². The maximum Gasteiger partial charge on any atom is 0.174 e. The summed E-state index contributed by atoms with van der Waals surface area (Å²) in [6.07, 6.45) is 0. The smallest absolute Gasteiger partial charge is 0.174 e. The standard InChI is InChI=1S/C15H19N5O/c1-9-7-5-6-8-12(9)20(4)15-13(14(16)19-21)10(2)11(3)17-18-15/h5-8,21H,1-4H3,(H2,16,19). The van der Waals surface area contributed by atoms with Gasteiger partial charge in [0, 0.05) is 12.7 Å². The third-order valence-corrected chi connectivity index (χ3v) is 3.59. The molecule has 2 rings (SSSR count). The summed E-state index contributed by atoms with van der Waals surface area (Å²) in [5.41, 5.74) is 10.1. The van der Waals surface area contributed by atoms with Gasteiger partial charge in [0.1, 0.15) is 0 Å². The molecule has 0 atom stereocenters. The third kappa shape index (κ3) is 2.65. The van der Waals surface area contributed by atoms with Gasteiger partial charge in [-0.2, -0.15) is 5.10 Å². The summed E-state index contributed by atoms with van der Waals surface area (Å²) in [4.78, 5) is 1.89. The van der Waals surface area contributed by atoms with Gasteiger partial charge in [0.05, 0.1) is 11.3 Å². The number of hydrogen-bond donors (Lipinski definition) is 2. The first kappa shape index (κ1) is 14.8. The Morgan fingerprint density at radius 3 is 2.48 bits per heavy atom. The normalized spacial score (nSPS) is 11.5. The Hall–Kier alpha value is -2.63. The molecule has 0 amide bonds. The van der Waals surface area contributed by atoms with Crippen LogP contribution in [0.25, 0.3) is 0 Å². The Balaban J connectivity index is 2.64. The SMILES string of the molecule is Cc1ccccc1N(C)c1nnc(C)c(C)c1C(N)=NO. The number of nitrogens with zero attached hydrogens (tertiary/aromatic N) is 4. The first-order chi connectivity index (χ1) is 9.97. The number of aryl methyl sites for hydroxylation is 2. The second kappa shape index (κ2) is 5.78. The number of anilines is 2. The van der Waals surface area contributed by atoms with Crippen LogP contribution >= 0.6 is 0 Å². The van der Waals surface area contributed by atoms with Crippen molar-refractivity contribution in [2.24, 2.45) is 10.9 Å². The van der Waals surface area contributed by atoms with Crippen molar-refractivity contribution in [1.82, 2.24) is 10.2 Å². The molecular weight excluding hydrogens is 266 g/mol. The van der Waals surface area contributed by atoms with Crippen LogP contribution in [0.5, 0.6) is 0 Å². The van der Waals surface area contributed by atoms with E-state index in [9.17, 15) is 0 Å². The molecular formula is C15H19N5O. The average molecular weight is 285 g/mol. The molecule has 1 aromatic carbocycles. The van der Waals surface area contributed by atoms with Gasteiger partial charge in [-0.05, 0) is 38.0 Å². The van der Waals surface area contributed by atoms with Gasteiger partial charge in [-0.15, -0.1) is 5.10 Å². The highest BCUT2D eigenvalue weighted by atomic mass is 16.4. The number of hydrogen-bond acceptors (Lipinski definition) is 5. The highest BCUT2D eigenvalue weighted by molar-refractivity contribution is 6.03. The lowest BCUT2D eigenvalue weighted by Gasteiger charge is -2.23. The van der Waals surface area contributed by atoms with Crippen molar-refractivity contribution >= 4 is 17.3 Å². The van der Waals surface area contributed by atoms with Crippen LogP contribution in [0.3, 0.4) is 0 Å². The van der Waals surface area contributed by atoms with Crippen LogP contribution < -0.4 is 10.6 Å². The molecule has 0 aliphatic carbocycles. The second-order valence-electron chi connectivity index (χ2n) is 4.94. The number of oxime groups is 1. The number of para-hydroxylation sites is 1. The van der Waals surface area contributed by atoms with E-state index in [0.29, 0.717) is 11.4 Å². The Morgan fingerprint density at radius 2 is 1.86 bits per heavy atom. The largest absolute Gasteiger partial charge is 0.409 e. The van der Waals surface area contributed by atoms with Crippen molar-refractivity contribution in [1.29, 1.82) is 0 Å². The molecule has 2 aromatic rings. The van der Waals surface area contributed by atoms with E-state index in [1.165, 1.54) is 0 Å². The number of rotatable bonds is 3. The van der Waals surface area contributed by atoms with Crippen LogP contribution in [-0.4, -0.2) is 28.3 Å². The zero-order valence-electron chi connectivity index (χ0n) is 12.6. The molecule has 1 heterocycles. The quantitative estimate of drug-likeness (QED) is 0.391. The summed E-state index contributed by atoms with van der Waals surface area (Å²) in [5, 5.41) is 20.5. The number of benzene rings is 1. The Morgan fingerprint density at radius 1 is 1.19 bits per heavy atom. The van der Waals surface area contributed by atoms with Crippen molar-refractivity contribution < 1.29 is 5.21 Å². The van der Waals surface area contributed by atoms with Gasteiger partial charge in [-0.3, -0.25) is 0 Å². The van der Waals surface area contributed by atoms with E-state index in [4.69, 9.17) is 10.9 Å². The van der Waals surface area contributed by atoms with E-state index in [1.54, 1.807) is 0 Å². The summed E-state index contributed by atoms with van der Waals surface area (Å²) in [6.45, 7) is 5.74. The molecule has 0 spiro atoms. The van der Waals surface area contributed by atoms with Crippen molar-refractivity contribution in [3.63, 3.8) is 0 Å². The van der Waals surface area contributed by atoms with Gasteiger partial charge >= 0.3 is 0 Å². The molecule has 0 saturated carbocycles. The van der Waals surface area contributed by atoms with Crippen molar-refractivity contribution in [3.05, 3.63) is 46.6 Å². The molecule has 0 aliphatic rings. The first-order valence-corrected chi connectivity index (χ1v) is 6.58. The minimum atomic E-state index is 0.0286. The Bertz CT molecular complexity index is 696. The van der Waals surface area contributed by atoms with E-state index in [0.717, 1.165) is 22.5 Å². The van der Waals surface area contributed by atoms with Gasteiger partial charge in [-0.1, -0.05) is 23.4 Å². The molecule has 1 aromatic heterocycles. The van der Waals surface area contributed by atoms with Crippen LogP contribution in [-0.2, 0) is 0 Å². The van der Waals surface area contributed by atoms with Crippen LogP contribution in [0.1, 0.15) is 22.4 Å². The summed E-state index contributed by atoms with van der Waals surface area (Å²) in [6, 6.07) is 7.94. The minimum Gasteiger partial charge on any atom is -0.409 e. The maximum atomic E-state index is 9.03. The van der Waals surface area contributed by atoms with Crippen LogP contribution in [0.2, 0.25) is 0 Å². The highest BCUT2D eigenvalue weighted by Crippen LogP contribution is 2.29. The molecule has 0 fully saturated rings. The van der Waals surface area contributed by atoms with Crippen LogP contribution in [0.4, 0.5) is 11.5 Å². The fraction of sp³-hybridized carbons (Fsp3) is 0.267. The minimum absolute atomic E-state index is 0.0286. The van der Waals surface area contributed by atoms with Gasteiger partial charge in [0.25, 0.3) is 0 Å². The van der Waals surface area contributed by atoms with Gasteiger partial charge < -0.3 is 15.8 Å². The van der Waals surface area contributed by atoms with E-state index in [-0.39, 0.29) is 5.84 Å². The van der Waals surface area contributed by atoms with E-state index >= 15 is 0 Å². The lowest BCUT2D eigenvalue weighted by atomic mass is 10.1. The number of amidine groups is 1. The van der Waals surface area contributed by atoms with Gasteiger partial charge in [-0.25, -0.2) is 0 Å². The van der Waals surface area contributed by atoms with E-state index in [2.05, 4.69) is 15.4 Å². The molecule has 6 nitrogen and oxygen atoms in total. The highest BCUT2D eigenvalue weighted by Gasteiger charge is 2.19. The zero-order valence-corrected chi connectivity index (χ0v) is 12.6. The summed E-state index contributed by atoms with van der Waals surface area (Å²) in [5.74, 6) is 0.587. The van der Waals surface area contributed by atoms with Gasteiger partial charge in [0.2, 0.25) is 0 Å². The Kier molecular flexibility index (Phi) is 4.07. The fourth-order valence-corrected chi connectivity index (χ4v) is 2.24. The first-order valence-electron chi connectivity index (χ1n) is 6.58. The molecule has 3 N–H and O–H groups in total.